The zero-order valence-corrected chi connectivity index (χ0v) is 19.8. The van der Waals surface area contributed by atoms with Gasteiger partial charge in [-0.2, -0.15) is 22.0 Å². The van der Waals surface area contributed by atoms with Gasteiger partial charge in [0, 0.05) is 44.8 Å². The van der Waals surface area contributed by atoms with Crippen LogP contribution < -0.4 is 0 Å². The van der Waals surface area contributed by atoms with Gasteiger partial charge in [-0.1, -0.05) is 29.8 Å². The minimum atomic E-state index is -3.48. The van der Waals surface area contributed by atoms with Gasteiger partial charge in [-0.15, -0.1) is 0 Å². The molecule has 11 heteroatoms. The van der Waals surface area contributed by atoms with Crippen LogP contribution >= 0.6 is 12.2 Å². The van der Waals surface area contributed by atoms with E-state index >= 15 is 0 Å². The lowest BCUT2D eigenvalue weighted by atomic mass is 10.1. The SMILES string of the molecule is Cc1ccc(-c2nc(=S)n(CN3CCN(S(=O)(=O)N4C[C@@H](C)O[C@@H](C)C4)CC3)[nH]2)cc1. The number of aromatic amines is 1. The van der Waals surface area contributed by atoms with E-state index in [1.165, 1.54) is 5.56 Å². The number of hydrogen-bond acceptors (Lipinski definition) is 6. The third-order valence-corrected chi connectivity index (χ3v) is 8.00. The zero-order chi connectivity index (χ0) is 22.2. The maximum Gasteiger partial charge on any atom is 0.282 e. The van der Waals surface area contributed by atoms with E-state index in [9.17, 15) is 8.42 Å². The number of nitrogens with one attached hydrogen (secondary N) is 1. The molecule has 2 fully saturated rings. The highest BCUT2D eigenvalue weighted by Crippen LogP contribution is 2.20. The second-order valence-electron chi connectivity index (χ2n) is 8.39. The first kappa shape index (κ1) is 22.6. The number of aromatic nitrogens is 3. The Morgan fingerprint density at radius 3 is 2.29 bits per heavy atom. The molecule has 0 spiro atoms. The standard InChI is InChI=1S/C20H30N6O3S2/c1-15-4-6-18(7-5-15)19-21-20(30)26(22-19)14-23-8-10-24(11-9-23)31(27,28)25-12-16(2)29-17(3)13-25/h4-7,16-17H,8-14H2,1-3H3,(H,21,22,30)/t16-,17+. The number of piperazine rings is 1. The molecule has 0 amide bonds. The molecule has 2 aliphatic rings. The Morgan fingerprint density at radius 1 is 1.06 bits per heavy atom. The van der Waals surface area contributed by atoms with Crippen molar-refractivity contribution in [1.29, 1.82) is 0 Å². The lowest BCUT2D eigenvalue weighted by Crippen LogP contribution is -2.57. The number of nitrogens with zero attached hydrogens (tertiary/aromatic N) is 5. The van der Waals surface area contributed by atoms with Crippen LogP contribution in [0, 0.1) is 11.7 Å². The smallest absolute Gasteiger partial charge is 0.282 e. The van der Waals surface area contributed by atoms with Crippen LogP contribution in [0.2, 0.25) is 0 Å². The summed E-state index contributed by atoms with van der Waals surface area (Å²) in [5.41, 5.74) is 2.18. The van der Waals surface area contributed by atoms with Crippen LogP contribution in [-0.2, 0) is 21.6 Å². The maximum absolute atomic E-state index is 13.1. The van der Waals surface area contributed by atoms with Gasteiger partial charge in [-0.05, 0) is 33.0 Å². The summed E-state index contributed by atoms with van der Waals surface area (Å²) in [6, 6.07) is 8.12. The number of aryl methyl sites for hydroxylation is 1. The number of rotatable bonds is 5. The fraction of sp³-hybridized carbons (Fsp3) is 0.600. The van der Waals surface area contributed by atoms with E-state index in [0.29, 0.717) is 50.7 Å². The lowest BCUT2D eigenvalue weighted by Gasteiger charge is -2.40. The van der Waals surface area contributed by atoms with Gasteiger partial charge in [0.15, 0.2) is 5.82 Å². The summed E-state index contributed by atoms with van der Waals surface area (Å²) in [7, 11) is -3.48. The quantitative estimate of drug-likeness (QED) is 0.677. The van der Waals surface area contributed by atoms with Gasteiger partial charge < -0.3 is 4.74 Å². The van der Waals surface area contributed by atoms with Gasteiger partial charge in [0.2, 0.25) is 4.77 Å². The van der Waals surface area contributed by atoms with E-state index in [2.05, 4.69) is 15.0 Å². The van der Waals surface area contributed by atoms with Crippen molar-refractivity contribution in [3.8, 4) is 11.4 Å². The zero-order valence-electron chi connectivity index (χ0n) is 18.2. The van der Waals surface area contributed by atoms with E-state index in [4.69, 9.17) is 17.0 Å². The molecule has 1 aromatic heterocycles. The first-order chi connectivity index (χ1) is 14.7. The summed E-state index contributed by atoms with van der Waals surface area (Å²) in [5.74, 6) is 0.738. The Morgan fingerprint density at radius 2 is 1.68 bits per heavy atom. The highest BCUT2D eigenvalue weighted by molar-refractivity contribution is 7.86. The molecule has 4 rings (SSSR count). The van der Waals surface area contributed by atoms with Crippen LogP contribution in [0.1, 0.15) is 19.4 Å². The monoisotopic (exact) mass is 466 g/mol. The third-order valence-electron chi connectivity index (χ3n) is 5.72. The van der Waals surface area contributed by atoms with Crippen molar-refractivity contribution in [2.45, 2.75) is 39.6 Å². The van der Waals surface area contributed by atoms with Gasteiger partial charge in [0.25, 0.3) is 10.2 Å². The van der Waals surface area contributed by atoms with Crippen molar-refractivity contribution < 1.29 is 13.2 Å². The second kappa shape index (κ2) is 9.08. The molecule has 0 aliphatic carbocycles. The fourth-order valence-electron chi connectivity index (χ4n) is 4.08. The maximum atomic E-state index is 13.1. The second-order valence-corrected chi connectivity index (χ2v) is 10.7. The molecular formula is C20H30N6O3S2. The molecule has 170 valence electrons. The minimum Gasteiger partial charge on any atom is -0.373 e. The Hall–Kier alpha value is -1.63. The Labute approximate surface area is 188 Å². The van der Waals surface area contributed by atoms with Crippen LogP contribution in [0.15, 0.2) is 24.3 Å². The fourth-order valence-corrected chi connectivity index (χ4v) is 6.02. The molecule has 2 aromatic rings. The average Bonchev–Trinajstić information content (AvgIpc) is 3.08. The number of ether oxygens (including phenoxy) is 1. The topological polar surface area (TPSA) is 86.7 Å². The molecule has 3 heterocycles. The van der Waals surface area contributed by atoms with Gasteiger partial charge >= 0.3 is 0 Å². The molecule has 31 heavy (non-hydrogen) atoms. The van der Waals surface area contributed by atoms with Gasteiger partial charge in [0.1, 0.15) is 0 Å². The van der Waals surface area contributed by atoms with Crippen molar-refractivity contribution in [3.63, 3.8) is 0 Å². The molecule has 0 unspecified atom stereocenters. The van der Waals surface area contributed by atoms with E-state index in [1.807, 2.05) is 49.7 Å². The van der Waals surface area contributed by atoms with Crippen molar-refractivity contribution >= 4 is 22.4 Å². The Bertz CT molecular complexity index is 1050. The highest BCUT2D eigenvalue weighted by Gasteiger charge is 2.36. The molecule has 0 saturated carbocycles. The van der Waals surface area contributed by atoms with Crippen molar-refractivity contribution in [1.82, 2.24) is 28.3 Å². The molecule has 0 radical (unpaired) electrons. The van der Waals surface area contributed by atoms with Crippen LogP contribution in [0.5, 0.6) is 0 Å². The van der Waals surface area contributed by atoms with E-state index < -0.39 is 10.2 Å². The molecule has 9 nitrogen and oxygen atoms in total. The van der Waals surface area contributed by atoms with Crippen LogP contribution in [-0.4, -0.2) is 88.2 Å². The number of hydrogen-bond donors (Lipinski definition) is 1. The Kier molecular flexibility index (Phi) is 6.61. The molecule has 1 aromatic carbocycles. The summed E-state index contributed by atoms with van der Waals surface area (Å²) in [5, 5.41) is 3.27. The van der Waals surface area contributed by atoms with Gasteiger partial charge in [-0.3, -0.25) is 10.00 Å². The normalized spacial score (nSPS) is 24.5. The Balaban J connectivity index is 1.37. The molecule has 0 bridgehead atoms. The molecule has 1 N–H and O–H groups in total. The minimum absolute atomic E-state index is 0.0928. The summed E-state index contributed by atoms with van der Waals surface area (Å²) >= 11 is 5.43. The van der Waals surface area contributed by atoms with Gasteiger partial charge in [0.05, 0.1) is 18.9 Å². The first-order valence-corrected chi connectivity index (χ1v) is 12.4. The molecular weight excluding hydrogens is 436 g/mol. The number of morpholine rings is 1. The number of H-pyrrole nitrogens is 1. The lowest BCUT2D eigenvalue weighted by molar-refractivity contribution is -0.0458. The predicted octanol–water partition coefficient (Wildman–Crippen LogP) is 1.85. The van der Waals surface area contributed by atoms with Crippen LogP contribution in [0.3, 0.4) is 0 Å². The summed E-state index contributed by atoms with van der Waals surface area (Å²) in [6.07, 6.45) is -0.186. The van der Waals surface area contributed by atoms with Crippen molar-refractivity contribution in [2.75, 3.05) is 39.3 Å². The first-order valence-electron chi connectivity index (χ1n) is 10.6. The molecule has 2 saturated heterocycles. The van der Waals surface area contributed by atoms with Crippen LogP contribution in [0.25, 0.3) is 11.4 Å². The largest absolute Gasteiger partial charge is 0.373 e. The van der Waals surface area contributed by atoms with E-state index in [1.54, 1.807) is 8.61 Å². The van der Waals surface area contributed by atoms with Crippen molar-refractivity contribution in [3.05, 3.63) is 34.6 Å². The summed E-state index contributed by atoms with van der Waals surface area (Å²) in [4.78, 5) is 6.66. The van der Waals surface area contributed by atoms with E-state index in [0.717, 1.165) is 11.4 Å². The summed E-state index contributed by atoms with van der Waals surface area (Å²) in [6.45, 7) is 9.40. The van der Waals surface area contributed by atoms with Crippen LogP contribution in [0.4, 0.5) is 0 Å². The highest BCUT2D eigenvalue weighted by atomic mass is 32.2. The van der Waals surface area contributed by atoms with Crippen molar-refractivity contribution in [2.24, 2.45) is 0 Å². The van der Waals surface area contributed by atoms with E-state index in [-0.39, 0.29) is 12.2 Å². The van der Waals surface area contributed by atoms with Gasteiger partial charge in [-0.25, -0.2) is 4.68 Å². The molecule has 2 aliphatic heterocycles. The predicted molar refractivity (Wildman–Crippen MR) is 121 cm³/mol. The molecule has 2 atom stereocenters. The average molecular weight is 467 g/mol. The number of benzene rings is 1. The summed E-state index contributed by atoms with van der Waals surface area (Å²) < 4.78 is 37.3. The third kappa shape index (κ3) is 5.07.